The minimum atomic E-state index is -0.298. The minimum absolute atomic E-state index is 0.247. The van der Waals surface area contributed by atoms with Crippen LogP contribution in [0.25, 0.3) is 0 Å². The van der Waals surface area contributed by atoms with Gasteiger partial charge in [-0.05, 0) is 25.1 Å². The number of hydrogen-bond donors (Lipinski definition) is 2. The van der Waals surface area contributed by atoms with E-state index in [1.807, 2.05) is 31.2 Å². The number of amides is 1. The number of furan rings is 1. The van der Waals surface area contributed by atoms with Gasteiger partial charge in [0.1, 0.15) is 5.76 Å². The zero-order valence-corrected chi connectivity index (χ0v) is 11.4. The maximum absolute atomic E-state index is 12.1. The molecular formula is C15H18N2O3. The summed E-state index contributed by atoms with van der Waals surface area (Å²) in [6.45, 7) is 3.28. The number of carbonyl (C=O) groups is 1. The molecular weight excluding hydrogens is 256 g/mol. The molecule has 1 heterocycles. The normalized spacial score (nSPS) is 10.5. The van der Waals surface area contributed by atoms with E-state index in [1.54, 1.807) is 12.1 Å². The highest BCUT2D eigenvalue weighted by Crippen LogP contribution is 2.18. The van der Waals surface area contributed by atoms with Crippen LogP contribution >= 0.6 is 0 Å². The van der Waals surface area contributed by atoms with Gasteiger partial charge in [0.2, 0.25) is 0 Å². The molecule has 0 atom stereocenters. The molecule has 5 heteroatoms. The van der Waals surface area contributed by atoms with Crippen molar-refractivity contribution in [2.45, 2.75) is 20.1 Å². The summed E-state index contributed by atoms with van der Waals surface area (Å²) in [6.07, 6.45) is 0. The third-order valence-corrected chi connectivity index (χ3v) is 2.81. The monoisotopic (exact) mass is 274 g/mol. The summed E-state index contributed by atoms with van der Waals surface area (Å²) >= 11 is 0. The molecule has 1 amide bonds. The quantitative estimate of drug-likeness (QED) is 0.848. The predicted octanol–water partition coefficient (Wildman–Crippen LogP) is 2.53. The van der Waals surface area contributed by atoms with Gasteiger partial charge in [-0.2, -0.15) is 0 Å². The van der Waals surface area contributed by atoms with Crippen LogP contribution < -0.4 is 11.1 Å². The van der Waals surface area contributed by atoms with Crippen LogP contribution in [0.3, 0.4) is 0 Å². The minimum Gasteiger partial charge on any atom is -0.455 e. The molecule has 2 rings (SSSR count). The first-order chi connectivity index (χ1) is 9.74. The van der Waals surface area contributed by atoms with Crippen molar-refractivity contribution < 1.29 is 13.9 Å². The molecule has 106 valence electrons. The topological polar surface area (TPSA) is 77.5 Å². The van der Waals surface area contributed by atoms with Gasteiger partial charge in [-0.1, -0.05) is 18.2 Å². The van der Waals surface area contributed by atoms with Crippen LogP contribution in [0.5, 0.6) is 0 Å². The summed E-state index contributed by atoms with van der Waals surface area (Å²) in [4.78, 5) is 12.1. The van der Waals surface area contributed by atoms with Gasteiger partial charge in [0.05, 0.1) is 13.2 Å². The molecule has 5 nitrogen and oxygen atoms in total. The second-order valence-electron chi connectivity index (χ2n) is 4.22. The summed E-state index contributed by atoms with van der Waals surface area (Å²) < 4.78 is 10.7. The molecule has 0 radical (unpaired) electrons. The number of ether oxygens (including phenoxy) is 1. The summed E-state index contributed by atoms with van der Waals surface area (Å²) in [7, 11) is 0. The van der Waals surface area contributed by atoms with Crippen molar-refractivity contribution in [3.05, 3.63) is 53.5 Å². The molecule has 0 saturated carbocycles. The fraction of sp³-hybridized carbons (Fsp3) is 0.267. The highest BCUT2D eigenvalue weighted by molar-refractivity contribution is 6.02. The SMILES string of the molecule is CCOCc1ccccc1NC(=O)c1ccc(CN)o1. The van der Waals surface area contributed by atoms with E-state index < -0.39 is 0 Å². The lowest BCUT2D eigenvalue weighted by atomic mass is 10.2. The van der Waals surface area contributed by atoms with Gasteiger partial charge >= 0.3 is 0 Å². The predicted molar refractivity (Wildman–Crippen MR) is 76.3 cm³/mol. The Labute approximate surface area is 117 Å². The van der Waals surface area contributed by atoms with Gasteiger partial charge in [0.25, 0.3) is 5.91 Å². The average molecular weight is 274 g/mol. The van der Waals surface area contributed by atoms with Crippen LogP contribution in [0.4, 0.5) is 5.69 Å². The molecule has 0 aliphatic heterocycles. The van der Waals surface area contributed by atoms with E-state index in [2.05, 4.69) is 5.32 Å². The van der Waals surface area contributed by atoms with E-state index in [-0.39, 0.29) is 18.2 Å². The van der Waals surface area contributed by atoms with E-state index in [0.717, 1.165) is 11.3 Å². The fourth-order valence-electron chi connectivity index (χ4n) is 1.77. The second-order valence-corrected chi connectivity index (χ2v) is 4.22. The van der Waals surface area contributed by atoms with E-state index in [4.69, 9.17) is 14.9 Å². The number of nitrogens with one attached hydrogen (secondary N) is 1. The van der Waals surface area contributed by atoms with Crippen LogP contribution in [0.15, 0.2) is 40.8 Å². The van der Waals surface area contributed by atoms with Crippen LogP contribution in [-0.2, 0) is 17.9 Å². The van der Waals surface area contributed by atoms with Crippen molar-refractivity contribution in [2.24, 2.45) is 5.73 Å². The number of nitrogens with two attached hydrogens (primary N) is 1. The van der Waals surface area contributed by atoms with Gasteiger partial charge in [-0.15, -0.1) is 0 Å². The number of carbonyl (C=O) groups excluding carboxylic acids is 1. The smallest absolute Gasteiger partial charge is 0.291 e. The highest BCUT2D eigenvalue weighted by atomic mass is 16.5. The molecule has 2 aromatic rings. The molecule has 0 spiro atoms. The standard InChI is InChI=1S/C15H18N2O3/c1-2-19-10-11-5-3-4-6-13(11)17-15(18)14-8-7-12(9-16)20-14/h3-8H,2,9-10,16H2,1H3,(H,17,18). The molecule has 0 fully saturated rings. The zero-order chi connectivity index (χ0) is 14.4. The number of anilines is 1. The molecule has 1 aromatic carbocycles. The Balaban J connectivity index is 2.10. The maximum Gasteiger partial charge on any atom is 0.291 e. The van der Waals surface area contributed by atoms with Crippen molar-refractivity contribution in [1.29, 1.82) is 0 Å². The Morgan fingerprint density at radius 3 is 2.80 bits per heavy atom. The number of benzene rings is 1. The van der Waals surface area contributed by atoms with Crippen molar-refractivity contribution in [1.82, 2.24) is 0 Å². The Hall–Kier alpha value is -2.11. The van der Waals surface area contributed by atoms with Crippen LogP contribution in [0.2, 0.25) is 0 Å². The Bertz CT molecular complexity index is 578. The molecule has 0 saturated heterocycles. The fourth-order valence-corrected chi connectivity index (χ4v) is 1.77. The van der Waals surface area contributed by atoms with Gasteiger partial charge in [0.15, 0.2) is 5.76 Å². The van der Waals surface area contributed by atoms with E-state index >= 15 is 0 Å². The number of para-hydroxylation sites is 1. The van der Waals surface area contributed by atoms with Crippen molar-refractivity contribution in [3.8, 4) is 0 Å². The first kappa shape index (κ1) is 14.3. The zero-order valence-electron chi connectivity index (χ0n) is 11.4. The van der Waals surface area contributed by atoms with E-state index in [0.29, 0.717) is 19.0 Å². The Kier molecular flexibility index (Phi) is 4.92. The second kappa shape index (κ2) is 6.88. The lowest BCUT2D eigenvalue weighted by Gasteiger charge is -2.10. The van der Waals surface area contributed by atoms with Gasteiger partial charge < -0.3 is 20.2 Å². The van der Waals surface area contributed by atoms with Crippen LogP contribution in [-0.4, -0.2) is 12.5 Å². The van der Waals surface area contributed by atoms with Gasteiger partial charge in [0, 0.05) is 17.9 Å². The molecule has 0 bridgehead atoms. The molecule has 20 heavy (non-hydrogen) atoms. The number of hydrogen-bond acceptors (Lipinski definition) is 4. The third kappa shape index (κ3) is 3.46. The van der Waals surface area contributed by atoms with Crippen molar-refractivity contribution in [2.75, 3.05) is 11.9 Å². The first-order valence-electron chi connectivity index (χ1n) is 6.50. The molecule has 0 unspecified atom stereocenters. The van der Waals surface area contributed by atoms with Crippen molar-refractivity contribution in [3.63, 3.8) is 0 Å². The lowest BCUT2D eigenvalue weighted by molar-refractivity contribution is 0.0994. The summed E-state index contributed by atoms with van der Waals surface area (Å²) in [6, 6.07) is 10.8. The molecule has 0 aliphatic carbocycles. The first-order valence-corrected chi connectivity index (χ1v) is 6.50. The summed E-state index contributed by atoms with van der Waals surface area (Å²) in [5.41, 5.74) is 7.10. The highest BCUT2D eigenvalue weighted by Gasteiger charge is 2.12. The summed E-state index contributed by atoms with van der Waals surface area (Å²) in [5.74, 6) is 0.531. The lowest BCUT2D eigenvalue weighted by Crippen LogP contribution is -2.13. The van der Waals surface area contributed by atoms with Gasteiger partial charge in [-0.3, -0.25) is 4.79 Å². The van der Waals surface area contributed by atoms with Crippen molar-refractivity contribution >= 4 is 11.6 Å². The largest absolute Gasteiger partial charge is 0.455 e. The molecule has 0 aliphatic rings. The average Bonchev–Trinajstić information content (AvgIpc) is 2.95. The van der Waals surface area contributed by atoms with Gasteiger partial charge in [-0.25, -0.2) is 0 Å². The molecule has 3 N–H and O–H groups in total. The van der Waals surface area contributed by atoms with Crippen LogP contribution in [0, 0.1) is 0 Å². The van der Waals surface area contributed by atoms with E-state index in [1.165, 1.54) is 0 Å². The Morgan fingerprint density at radius 1 is 1.30 bits per heavy atom. The Morgan fingerprint density at radius 2 is 2.10 bits per heavy atom. The maximum atomic E-state index is 12.1. The third-order valence-electron chi connectivity index (χ3n) is 2.81. The number of rotatable bonds is 6. The molecule has 1 aromatic heterocycles. The van der Waals surface area contributed by atoms with E-state index in [9.17, 15) is 4.79 Å². The summed E-state index contributed by atoms with van der Waals surface area (Å²) in [5, 5.41) is 2.82. The van der Waals surface area contributed by atoms with Crippen LogP contribution in [0.1, 0.15) is 28.8 Å².